The minimum absolute atomic E-state index is 0.400. The number of carboxylic acid groups (broad SMARTS) is 1. The van der Waals surface area contributed by atoms with E-state index in [0.29, 0.717) is 6.42 Å². The number of carbonyl (C=O) groups is 1. The first kappa shape index (κ1) is 14.3. The predicted octanol–water partition coefficient (Wildman–Crippen LogP) is 3.06. The Balaban J connectivity index is 2.38. The lowest BCUT2D eigenvalue weighted by Crippen LogP contribution is -2.13. The molecule has 0 fully saturated rings. The Morgan fingerprint density at radius 3 is 2.40 bits per heavy atom. The van der Waals surface area contributed by atoms with Crippen LogP contribution in [-0.4, -0.2) is 20.9 Å². The number of aliphatic carboxylic acids is 1. The highest BCUT2D eigenvalue weighted by Crippen LogP contribution is 2.21. The van der Waals surface area contributed by atoms with Crippen LogP contribution in [0, 0.1) is 26.7 Å². The second-order valence-electron chi connectivity index (χ2n) is 5.34. The predicted molar refractivity (Wildman–Crippen MR) is 78.3 cm³/mol. The Hall–Kier alpha value is -2.10. The van der Waals surface area contributed by atoms with Crippen molar-refractivity contribution in [3.8, 4) is 5.69 Å². The van der Waals surface area contributed by atoms with Crippen LogP contribution in [0.5, 0.6) is 0 Å². The Kier molecular flexibility index (Phi) is 3.93. The minimum Gasteiger partial charge on any atom is -0.481 e. The molecule has 0 spiro atoms. The molecule has 0 aliphatic rings. The highest BCUT2D eigenvalue weighted by molar-refractivity contribution is 5.70. The maximum absolute atomic E-state index is 11.0. The Bertz CT molecular complexity index is 627. The van der Waals surface area contributed by atoms with Gasteiger partial charge in [0.05, 0.1) is 17.3 Å². The van der Waals surface area contributed by atoms with Crippen molar-refractivity contribution in [2.24, 2.45) is 5.92 Å². The monoisotopic (exact) mass is 272 g/mol. The van der Waals surface area contributed by atoms with E-state index >= 15 is 0 Å². The number of aryl methyl sites for hydroxylation is 2. The first-order chi connectivity index (χ1) is 9.40. The van der Waals surface area contributed by atoms with Gasteiger partial charge < -0.3 is 5.11 Å². The fourth-order valence-electron chi connectivity index (χ4n) is 2.30. The molecule has 2 rings (SSSR count). The van der Waals surface area contributed by atoms with E-state index in [1.165, 1.54) is 5.56 Å². The highest BCUT2D eigenvalue weighted by Gasteiger charge is 2.18. The molecule has 1 aromatic heterocycles. The molecule has 1 aromatic carbocycles. The van der Waals surface area contributed by atoms with Crippen molar-refractivity contribution in [3.05, 3.63) is 46.8 Å². The molecule has 0 aliphatic heterocycles. The zero-order chi connectivity index (χ0) is 14.9. The third-order valence-electron chi connectivity index (χ3n) is 3.65. The van der Waals surface area contributed by atoms with E-state index in [0.717, 1.165) is 22.6 Å². The Labute approximate surface area is 119 Å². The summed E-state index contributed by atoms with van der Waals surface area (Å²) in [6.45, 7) is 7.70. The quantitative estimate of drug-likeness (QED) is 0.930. The van der Waals surface area contributed by atoms with Crippen molar-refractivity contribution in [2.75, 3.05) is 0 Å². The van der Waals surface area contributed by atoms with Gasteiger partial charge in [-0.1, -0.05) is 24.6 Å². The molecule has 0 saturated heterocycles. The third kappa shape index (κ3) is 2.74. The molecule has 4 heteroatoms. The summed E-state index contributed by atoms with van der Waals surface area (Å²) in [5.74, 6) is -1.17. The van der Waals surface area contributed by atoms with Gasteiger partial charge in [0.15, 0.2) is 0 Å². The SMILES string of the molecule is Cc1ccc(-n2nc(C)c(CC(C)C(=O)O)c2C)cc1. The summed E-state index contributed by atoms with van der Waals surface area (Å²) in [7, 11) is 0. The number of hydrogen-bond acceptors (Lipinski definition) is 2. The molecule has 106 valence electrons. The van der Waals surface area contributed by atoms with Crippen molar-refractivity contribution >= 4 is 5.97 Å². The summed E-state index contributed by atoms with van der Waals surface area (Å²) in [5, 5.41) is 13.6. The van der Waals surface area contributed by atoms with E-state index in [1.54, 1.807) is 6.92 Å². The number of benzene rings is 1. The average Bonchev–Trinajstić information content (AvgIpc) is 2.67. The zero-order valence-corrected chi connectivity index (χ0v) is 12.3. The lowest BCUT2D eigenvalue weighted by Gasteiger charge is -2.08. The molecule has 0 bridgehead atoms. The van der Waals surface area contributed by atoms with Gasteiger partial charge in [0.25, 0.3) is 0 Å². The molecule has 1 heterocycles. The summed E-state index contributed by atoms with van der Waals surface area (Å²) in [6, 6.07) is 8.15. The minimum atomic E-state index is -0.771. The van der Waals surface area contributed by atoms with E-state index < -0.39 is 11.9 Å². The van der Waals surface area contributed by atoms with Crippen molar-refractivity contribution in [2.45, 2.75) is 34.1 Å². The normalized spacial score (nSPS) is 12.4. The summed E-state index contributed by atoms with van der Waals surface area (Å²) in [5.41, 5.74) is 5.15. The summed E-state index contributed by atoms with van der Waals surface area (Å²) in [6.07, 6.45) is 0.513. The van der Waals surface area contributed by atoms with Gasteiger partial charge in [-0.2, -0.15) is 5.10 Å². The molecule has 0 amide bonds. The molecule has 20 heavy (non-hydrogen) atoms. The number of aromatic nitrogens is 2. The van der Waals surface area contributed by atoms with Gasteiger partial charge in [0.1, 0.15) is 0 Å². The van der Waals surface area contributed by atoms with Crippen molar-refractivity contribution < 1.29 is 9.90 Å². The number of hydrogen-bond donors (Lipinski definition) is 1. The molecule has 2 aromatic rings. The molecule has 1 N–H and O–H groups in total. The van der Waals surface area contributed by atoms with Crippen LogP contribution < -0.4 is 0 Å². The van der Waals surface area contributed by atoms with Gasteiger partial charge in [-0.25, -0.2) is 4.68 Å². The van der Waals surface area contributed by atoms with E-state index in [4.69, 9.17) is 5.11 Å². The standard InChI is InChI=1S/C16H20N2O2/c1-10-5-7-14(8-6-10)18-13(4)15(12(3)17-18)9-11(2)16(19)20/h5-8,11H,9H2,1-4H3,(H,19,20). The molecular weight excluding hydrogens is 252 g/mol. The van der Waals surface area contributed by atoms with Crippen molar-refractivity contribution in [1.29, 1.82) is 0 Å². The summed E-state index contributed by atoms with van der Waals surface area (Å²) >= 11 is 0. The summed E-state index contributed by atoms with van der Waals surface area (Å²) in [4.78, 5) is 11.0. The van der Waals surface area contributed by atoms with Gasteiger partial charge in [0, 0.05) is 5.69 Å². The number of carboxylic acids is 1. The maximum Gasteiger partial charge on any atom is 0.306 e. The first-order valence-corrected chi connectivity index (χ1v) is 6.75. The van der Waals surface area contributed by atoms with Crippen LogP contribution in [0.25, 0.3) is 5.69 Å². The largest absolute Gasteiger partial charge is 0.481 e. The second kappa shape index (κ2) is 5.49. The number of nitrogens with zero attached hydrogens (tertiary/aromatic N) is 2. The molecule has 1 atom stereocenters. The van der Waals surface area contributed by atoms with Crippen LogP contribution in [-0.2, 0) is 11.2 Å². The van der Waals surface area contributed by atoms with Crippen LogP contribution >= 0.6 is 0 Å². The smallest absolute Gasteiger partial charge is 0.306 e. The second-order valence-corrected chi connectivity index (χ2v) is 5.34. The van der Waals surface area contributed by atoms with E-state index in [-0.39, 0.29) is 0 Å². The lowest BCUT2D eigenvalue weighted by atomic mass is 10.00. The summed E-state index contributed by atoms with van der Waals surface area (Å²) < 4.78 is 1.89. The highest BCUT2D eigenvalue weighted by atomic mass is 16.4. The fourth-order valence-corrected chi connectivity index (χ4v) is 2.30. The topological polar surface area (TPSA) is 55.1 Å². The molecule has 1 unspecified atom stereocenters. The molecule has 0 aliphatic carbocycles. The first-order valence-electron chi connectivity index (χ1n) is 6.75. The number of rotatable bonds is 4. The van der Waals surface area contributed by atoms with Crippen LogP contribution in [0.4, 0.5) is 0 Å². The van der Waals surface area contributed by atoms with Gasteiger partial charge in [0.2, 0.25) is 0 Å². The van der Waals surface area contributed by atoms with Gasteiger partial charge in [-0.3, -0.25) is 4.79 Å². The Morgan fingerprint density at radius 1 is 1.25 bits per heavy atom. The van der Waals surface area contributed by atoms with Crippen molar-refractivity contribution in [1.82, 2.24) is 9.78 Å². The molecule has 0 radical (unpaired) electrons. The van der Waals surface area contributed by atoms with E-state index in [1.807, 2.05) is 49.7 Å². The van der Waals surface area contributed by atoms with E-state index in [2.05, 4.69) is 5.10 Å². The fraction of sp³-hybridized carbons (Fsp3) is 0.375. The Morgan fingerprint density at radius 2 is 1.85 bits per heavy atom. The molecular formula is C16H20N2O2. The van der Waals surface area contributed by atoms with Crippen molar-refractivity contribution in [3.63, 3.8) is 0 Å². The molecule has 0 saturated carbocycles. The lowest BCUT2D eigenvalue weighted by molar-refractivity contribution is -0.141. The van der Waals surface area contributed by atoms with Gasteiger partial charge in [-0.15, -0.1) is 0 Å². The van der Waals surface area contributed by atoms with Crippen LogP contribution in [0.1, 0.15) is 29.4 Å². The van der Waals surface area contributed by atoms with Crippen LogP contribution in [0.15, 0.2) is 24.3 Å². The van der Waals surface area contributed by atoms with Crippen LogP contribution in [0.2, 0.25) is 0 Å². The van der Waals surface area contributed by atoms with E-state index in [9.17, 15) is 4.79 Å². The zero-order valence-electron chi connectivity index (χ0n) is 12.3. The van der Waals surface area contributed by atoms with Crippen LogP contribution in [0.3, 0.4) is 0 Å². The van der Waals surface area contributed by atoms with Gasteiger partial charge in [-0.05, 0) is 44.9 Å². The molecule has 4 nitrogen and oxygen atoms in total. The maximum atomic E-state index is 11.0. The average molecular weight is 272 g/mol. The third-order valence-corrected chi connectivity index (χ3v) is 3.65. The van der Waals surface area contributed by atoms with Gasteiger partial charge >= 0.3 is 5.97 Å².